The molecule has 0 aromatic heterocycles. The summed E-state index contributed by atoms with van der Waals surface area (Å²) in [7, 11) is -3.19. The van der Waals surface area contributed by atoms with Crippen molar-refractivity contribution in [3.63, 3.8) is 0 Å². The van der Waals surface area contributed by atoms with Crippen LogP contribution in [-0.4, -0.2) is 44.5 Å². The summed E-state index contributed by atoms with van der Waals surface area (Å²) in [5, 5.41) is 2.46. The van der Waals surface area contributed by atoms with Crippen LogP contribution in [-0.2, 0) is 19.6 Å². The van der Waals surface area contributed by atoms with Crippen LogP contribution in [0.3, 0.4) is 0 Å². The maximum Gasteiger partial charge on any atom is 0.294 e. The zero-order chi connectivity index (χ0) is 31.3. The van der Waals surface area contributed by atoms with E-state index in [4.69, 9.17) is 9.47 Å². The first-order valence-electron chi connectivity index (χ1n) is 15.9. The Balaban J connectivity index is 1.59. The highest BCUT2D eigenvalue weighted by Gasteiger charge is 2.28. The first-order chi connectivity index (χ1) is 20.8. The SMILES string of the molecule is CCCCCCCCCCCCCCCCCCOc1ccc(C(=O)C(OC)C(=O)Nc2cccc(S(=O)(=O)O)c2)cc1. The largest absolute Gasteiger partial charge is 0.494 e. The number of carbonyl (C=O) groups is 2. The van der Waals surface area contributed by atoms with Crippen LogP contribution in [0.4, 0.5) is 5.69 Å². The van der Waals surface area contributed by atoms with Crippen molar-refractivity contribution in [1.82, 2.24) is 0 Å². The molecule has 1 unspecified atom stereocenters. The van der Waals surface area contributed by atoms with E-state index in [2.05, 4.69) is 12.2 Å². The molecule has 2 aromatic carbocycles. The molecule has 240 valence electrons. The van der Waals surface area contributed by atoms with Crippen molar-refractivity contribution in [3.8, 4) is 5.75 Å². The number of hydrogen-bond acceptors (Lipinski definition) is 6. The monoisotopic (exact) mass is 617 g/mol. The Hall–Kier alpha value is -2.75. The maximum absolute atomic E-state index is 12.9. The molecule has 9 heteroatoms. The van der Waals surface area contributed by atoms with E-state index in [0.29, 0.717) is 12.4 Å². The molecule has 2 rings (SSSR count). The van der Waals surface area contributed by atoms with Gasteiger partial charge < -0.3 is 14.8 Å². The lowest BCUT2D eigenvalue weighted by Crippen LogP contribution is -2.36. The van der Waals surface area contributed by atoms with Crippen molar-refractivity contribution < 1.29 is 32.0 Å². The van der Waals surface area contributed by atoms with Crippen LogP contribution in [0.15, 0.2) is 53.4 Å². The van der Waals surface area contributed by atoms with E-state index >= 15 is 0 Å². The van der Waals surface area contributed by atoms with Gasteiger partial charge in [0, 0.05) is 18.4 Å². The zero-order valence-electron chi connectivity index (χ0n) is 26.0. The van der Waals surface area contributed by atoms with Gasteiger partial charge in [-0.3, -0.25) is 14.1 Å². The molecule has 0 aliphatic heterocycles. The van der Waals surface area contributed by atoms with Gasteiger partial charge >= 0.3 is 0 Å². The summed E-state index contributed by atoms with van der Waals surface area (Å²) >= 11 is 0. The molecule has 0 saturated heterocycles. The van der Waals surface area contributed by atoms with Gasteiger partial charge in [-0.1, -0.05) is 109 Å². The van der Waals surface area contributed by atoms with E-state index < -0.39 is 27.9 Å². The highest BCUT2D eigenvalue weighted by Crippen LogP contribution is 2.19. The molecular weight excluding hydrogens is 566 g/mol. The third kappa shape index (κ3) is 15.0. The minimum Gasteiger partial charge on any atom is -0.494 e. The van der Waals surface area contributed by atoms with Crippen molar-refractivity contribution in [3.05, 3.63) is 54.1 Å². The molecule has 0 fully saturated rings. The molecule has 0 aliphatic rings. The first kappa shape index (κ1) is 36.4. The average Bonchev–Trinajstić information content (AvgIpc) is 2.99. The average molecular weight is 618 g/mol. The molecule has 0 radical (unpaired) electrons. The van der Waals surface area contributed by atoms with Crippen LogP contribution >= 0.6 is 0 Å². The van der Waals surface area contributed by atoms with Gasteiger partial charge in [-0.2, -0.15) is 8.42 Å². The number of rotatable bonds is 24. The van der Waals surface area contributed by atoms with Gasteiger partial charge in [0.1, 0.15) is 5.75 Å². The van der Waals surface area contributed by atoms with Crippen molar-refractivity contribution in [2.24, 2.45) is 0 Å². The number of unbranched alkanes of at least 4 members (excludes halogenated alkanes) is 15. The van der Waals surface area contributed by atoms with Crippen molar-refractivity contribution >= 4 is 27.5 Å². The molecule has 2 N–H and O–H groups in total. The second kappa shape index (κ2) is 21.0. The van der Waals surface area contributed by atoms with Crippen LogP contribution < -0.4 is 10.1 Å². The second-order valence-corrected chi connectivity index (χ2v) is 12.6. The van der Waals surface area contributed by atoms with Gasteiger partial charge in [0.2, 0.25) is 5.78 Å². The molecule has 0 spiro atoms. The fraction of sp³-hybridized carbons (Fsp3) is 0.588. The Morgan fingerprint density at radius 3 is 1.77 bits per heavy atom. The quantitative estimate of drug-likeness (QED) is 0.0525. The normalized spacial score (nSPS) is 12.2. The summed E-state index contributed by atoms with van der Waals surface area (Å²) in [6.45, 7) is 2.87. The van der Waals surface area contributed by atoms with Crippen LogP contribution in [0.1, 0.15) is 120 Å². The van der Waals surface area contributed by atoms with Crippen molar-refractivity contribution in [1.29, 1.82) is 0 Å². The maximum atomic E-state index is 12.9. The van der Waals surface area contributed by atoms with E-state index in [1.54, 1.807) is 24.3 Å². The number of methoxy groups -OCH3 is 1. The van der Waals surface area contributed by atoms with Crippen LogP contribution in [0.25, 0.3) is 0 Å². The lowest BCUT2D eigenvalue weighted by molar-refractivity contribution is -0.123. The fourth-order valence-electron chi connectivity index (χ4n) is 4.98. The van der Waals surface area contributed by atoms with Crippen LogP contribution in [0.5, 0.6) is 5.75 Å². The summed E-state index contributed by atoms with van der Waals surface area (Å²) in [4.78, 5) is 25.2. The standard InChI is InChI=1S/C34H51NO7S/c1-3-4-5-6-7-8-9-10-11-12-13-14-15-16-17-18-26-42-30-24-22-28(23-25-30)32(36)33(41-2)34(37)35-29-20-19-21-31(27-29)43(38,39)40/h19-25,27,33H,3-18,26H2,1-2H3,(H,35,37)(H,38,39,40). The minimum atomic E-state index is -4.43. The third-order valence-corrected chi connectivity index (χ3v) is 8.37. The Bertz CT molecular complexity index is 1180. The molecule has 2 aromatic rings. The molecule has 43 heavy (non-hydrogen) atoms. The van der Waals surface area contributed by atoms with Gasteiger partial charge in [0.25, 0.3) is 16.0 Å². The molecule has 0 heterocycles. The number of ether oxygens (including phenoxy) is 2. The number of anilines is 1. The smallest absolute Gasteiger partial charge is 0.294 e. The van der Waals surface area contributed by atoms with Gasteiger partial charge in [0.05, 0.1) is 11.5 Å². The van der Waals surface area contributed by atoms with Crippen molar-refractivity contribution in [2.75, 3.05) is 19.0 Å². The predicted molar refractivity (Wildman–Crippen MR) is 171 cm³/mol. The van der Waals surface area contributed by atoms with Gasteiger partial charge in [-0.15, -0.1) is 0 Å². The fourth-order valence-corrected chi connectivity index (χ4v) is 5.51. The van der Waals surface area contributed by atoms with Gasteiger partial charge in [0.15, 0.2) is 6.10 Å². The van der Waals surface area contributed by atoms with E-state index in [1.807, 2.05) is 0 Å². The van der Waals surface area contributed by atoms with E-state index in [0.717, 1.165) is 18.9 Å². The third-order valence-electron chi connectivity index (χ3n) is 7.52. The lowest BCUT2D eigenvalue weighted by atomic mass is 10.0. The number of nitrogens with one attached hydrogen (secondary N) is 1. The summed E-state index contributed by atoms with van der Waals surface area (Å²) in [6, 6.07) is 11.6. The first-order valence-corrected chi connectivity index (χ1v) is 17.4. The number of carbonyl (C=O) groups excluding carboxylic acids is 2. The summed E-state index contributed by atoms with van der Waals surface area (Å²) in [5.74, 6) is -0.656. The number of benzene rings is 2. The van der Waals surface area contributed by atoms with E-state index in [1.165, 1.54) is 115 Å². The van der Waals surface area contributed by atoms with Crippen LogP contribution in [0, 0.1) is 0 Å². The lowest BCUT2D eigenvalue weighted by Gasteiger charge is -2.15. The summed E-state index contributed by atoms with van der Waals surface area (Å²) < 4.78 is 42.9. The molecule has 0 saturated carbocycles. The van der Waals surface area contributed by atoms with Crippen molar-refractivity contribution in [2.45, 2.75) is 121 Å². The summed E-state index contributed by atoms with van der Waals surface area (Å²) in [5.41, 5.74) is 0.385. The molecule has 0 bridgehead atoms. The van der Waals surface area contributed by atoms with Crippen LogP contribution in [0.2, 0.25) is 0 Å². The number of amides is 1. The van der Waals surface area contributed by atoms with Gasteiger partial charge in [-0.25, -0.2) is 0 Å². The van der Waals surface area contributed by atoms with E-state index in [9.17, 15) is 22.6 Å². The highest BCUT2D eigenvalue weighted by molar-refractivity contribution is 7.85. The highest BCUT2D eigenvalue weighted by atomic mass is 32.2. The predicted octanol–water partition coefficient (Wildman–Crippen LogP) is 8.41. The van der Waals surface area contributed by atoms with Gasteiger partial charge in [-0.05, 0) is 48.9 Å². The molecule has 1 atom stereocenters. The molecule has 0 aliphatic carbocycles. The second-order valence-electron chi connectivity index (χ2n) is 11.1. The Labute approximate surface area is 258 Å². The number of hydrogen-bond donors (Lipinski definition) is 2. The Morgan fingerprint density at radius 2 is 1.28 bits per heavy atom. The Morgan fingerprint density at radius 1 is 0.767 bits per heavy atom. The minimum absolute atomic E-state index is 0.104. The summed E-state index contributed by atoms with van der Waals surface area (Å²) in [6.07, 6.45) is 19.7. The Kier molecular flexibility index (Phi) is 17.8. The van der Waals surface area contributed by atoms with E-state index in [-0.39, 0.29) is 16.1 Å². The molecule has 8 nitrogen and oxygen atoms in total. The molecular formula is C34H51NO7S. The molecule has 1 amide bonds. The topological polar surface area (TPSA) is 119 Å². The number of ketones is 1. The number of Topliss-reactive ketones (excluding diaryl/α,β-unsaturated/α-hetero) is 1. The zero-order valence-corrected chi connectivity index (χ0v) is 26.8.